The molecule has 0 radical (unpaired) electrons. The van der Waals surface area contributed by atoms with Gasteiger partial charge in [-0.2, -0.15) is 0 Å². The lowest BCUT2D eigenvalue weighted by Gasteiger charge is -1.99. The van der Waals surface area contributed by atoms with Crippen LogP contribution in [0.4, 0.5) is 5.69 Å². The van der Waals surface area contributed by atoms with E-state index in [9.17, 15) is 9.59 Å². The van der Waals surface area contributed by atoms with E-state index in [-0.39, 0.29) is 14.0 Å². The molecule has 1 heterocycles. The Morgan fingerprint density at radius 1 is 0.926 bits per heavy atom. The molecule has 1 aromatic heterocycles. The van der Waals surface area contributed by atoms with Gasteiger partial charge in [0.1, 0.15) is 18.9 Å². The second-order valence-electron chi connectivity index (χ2n) is 4.59. The fourth-order valence-electron chi connectivity index (χ4n) is 1.51. The first-order chi connectivity index (χ1) is 12.6. The molecule has 0 aliphatic heterocycles. The largest absolute Gasteiger partial charge is 0.399 e. The van der Waals surface area contributed by atoms with Crippen molar-refractivity contribution in [2.24, 2.45) is 0 Å². The van der Waals surface area contributed by atoms with Crippen LogP contribution in [0.25, 0.3) is 5.69 Å². The minimum absolute atomic E-state index is 0. The highest BCUT2D eigenvalue weighted by Gasteiger charge is 1.93. The molecular formula is C18H21Br2N5O2. The number of halogens is 2. The molecule has 1 amide bonds. The number of nitrogen functional groups attached to an aromatic ring is 1. The second-order valence-corrected chi connectivity index (χ2v) is 6.42. The average molecular weight is 499 g/mol. The summed E-state index contributed by atoms with van der Waals surface area (Å²) < 4.78 is 3.98. The summed E-state index contributed by atoms with van der Waals surface area (Å²) in [6, 6.07) is 15.5. The monoisotopic (exact) mass is 497 g/mol. The first-order valence-corrected chi connectivity index (χ1v) is 8.87. The predicted octanol–water partition coefficient (Wildman–Crippen LogP) is 3.63. The predicted molar refractivity (Wildman–Crippen MR) is 114 cm³/mol. The van der Waals surface area contributed by atoms with Gasteiger partial charge in [-0.05, 0) is 48.5 Å². The van der Waals surface area contributed by atoms with E-state index in [1.165, 1.54) is 0 Å². The Bertz CT molecular complexity index is 734. The molecule has 144 valence electrons. The molecule has 2 aromatic carbocycles. The number of carbonyl (C=O) groups is 2. The molecule has 3 aromatic rings. The van der Waals surface area contributed by atoms with Gasteiger partial charge < -0.3 is 15.8 Å². The van der Waals surface area contributed by atoms with Crippen LogP contribution in [0, 0.1) is 0 Å². The SMILES string of the molecule is Brc1ccc(-n2cnnc2)cc1.C.Nc1ccc(Br)cc1.O=CCNC=O. The van der Waals surface area contributed by atoms with Crippen LogP contribution in [-0.2, 0) is 9.59 Å². The number of amides is 1. The molecule has 3 rings (SSSR count). The lowest BCUT2D eigenvalue weighted by molar-refractivity contribution is -0.113. The summed E-state index contributed by atoms with van der Waals surface area (Å²) in [6.45, 7) is 0.115. The fraction of sp³-hybridized carbons (Fsp3) is 0.111. The molecular weight excluding hydrogens is 478 g/mol. The van der Waals surface area contributed by atoms with Gasteiger partial charge in [-0.3, -0.25) is 9.36 Å². The standard InChI is InChI=1S/C8H6BrN3.C6H6BrN.C3H5NO2.CH4/c9-7-1-3-8(4-2-7)12-5-10-11-6-12;7-5-1-3-6(8)4-2-5;5-2-1-4-3-6;/h1-6H;1-4H,8H2;2-3H,1H2,(H,4,6);1H4. The molecule has 0 aliphatic rings. The van der Waals surface area contributed by atoms with Gasteiger partial charge in [-0.25, -0.2) is 0 Å². The summed E-state index contributed by atoms with van der Waals surface area (Å²) in [4.78, 5) is 18.6. The molecule has 0 atom stereocenters. The zero-order valence-corrected chi connectivity index (χ0v) is 16.8. The molecule has 0 fully saturated rings. The van der Waals surface area contributed by atoms with Gasteiger partial charge >= 0.3 is 0 Å². The van der Waals surface area contributed by atoms with Gasteiger partial charge in [-0.15, -0.1) is 10.2 Å². The van der Waals surface area contributed by atoms with Crippen molar-refractivity contribution in [2.45, 2.75) is 7.43 Å². The Morgan fingerprint density at radius 3 is 1.78 bits per heavy atom. The minimum atomic E-state index is 0. The summed E-state index contributed by atoms with van der Waals surface area (Å²) in [5.41, 5.74) is 7.26. The van der Waals surface area contributed by atoms with Crippen molar-refractivity contribution in [1.82, 2.24) is 20.1 Å². The second kappa shape index (κ2) is 14.6. The number of carbonyl (C=O) groups excluding carboxylic acids is 2. The number of hydrogen-bond donors (Lipinski definition) is 2. The third-order valence-electron chi connectivity index (χ3n) is 2.70. The van der Waals surface area contributed by atoms with E-state index in [1.807, 2.05) is 53.1 Å². The number of hydrogen-bond acceptors (Lipinski definition) is 5. The quantitative estimate of drug-likeness (QED) is 0.325. The molecule has 0 unspecified atom stereocenters. The maximum Gasteiger partial charge on any atom is 0.207 e. The number of nitrogens with two attached hydrogens (primary N) is 1. The Hall–Kier alpha value is -2.52. The smallest absolute Gasteiger partial charge is 0.207 e. The molecule has 0 spiro atoms. The Labute approximate surface area is 175 Å². The van der Waals surface area contributed by atoms with Crippen LogP contribution in [0.3, 0.4) is 0 Å². The summed E-state index contributed by atoms with van der Waals surface area (Å²) in [5, 5.41) is 9.59. The van der Waals surface area contributed by atoms with Crippen LogP contribution < -0.4 is 11.1 Å². The summed E-state index contributed by atoms with van der Waals surface area (Å²) >= 11 is 6.66. The highest BCUT2D eigenvalue weighted by molar-refractivity contribution is 9.10. The molecule has 0 saturated heterocycles. The molecule has 27 heavy (non-hydrogen) atoms. The highest BCUT2D eigenvalue weighted by atomic mass is 79.9. The lowest BCUT2D eigenvalue weighted by atomic mass is 10.3. The Balaban J connectivity index is 0.000000397. The summed E-state index contributed by atoms with van der Waals surface area (Å²) in [5.74, 6) is 0. The van der Waals surface area contributed by atoms with Crippen molar-refractivity contribution in [3.63, 3.8) is 0 Å². The van der Waals surface area contributed by atoms with Crippen LogP contribution in [0.1, 0.15) is 7.43 Å². The highest BCUT2D eigenvalue weighted by Crippen LogP contribution is 2.13. The van der Waals surface area contributed by atoms with E-state index in [0.717, 1.165) is 20.3 Å². The van der Waals surface area contributed by atoms with Crippen LogP contribution in [-0.4, -0.2) is 34.0 Å². The Morgan fingerprint density at radius 2 is 1.41 bits per heavy atom. The van der Waals surface area contributed by atoms with Gasteiger partial charge in [0.05, 0.1) is 6.54 Å². The van der Waals surface area contributed by atoms with Crippen molar-refractivity contribution >= 4 is 50.2 Å². The minimum Gasteiger partial charge on any atom is -0.399 e. The van der Waals surface area contributed by atoms with Crippen LogP contribution in [0.2, 0.25) is 0 Å². The molecule has 7 nitrogen and oxygen atoms in total. The van der Waals surface area contributed by atoms with E-state index in [2.05, 4.69) is 47.4 Å². The van der Waals surface area contributed by atoms with Crippen molar-refractivity contribution in [3.8, 4) is 5.69 Å². The topological polar surface area (TPSA) is 103 Å². The number of aldehydes is 1. The first kappa shape index (κ1) is 24.5. The van der Waals surface area contributed by atoms with Gasteiger partial charge in [0, 0.05) is 20.3 Å². The third-order valence-corrected chi connectivity index (χ3v) is 3.76. The summed E-state index contributed by atoms with van der Waals surface area (Å²) in [6.07, 6.45) is 4.44. The maximum absolute atomic E-state index is 9.34. The molecule has 9 heteroatoms. The number of rotatable bonds is 4. The van der Waals surface area contributed by atoms with Gasteiger partial charge in [0.2, 0.25) is 6.41 Å². The number of nitrogens with one attached hydrogen (secondary N) is 1. The third kappa shape index (κ3) is 10.9. The van der Waals surface area contributed by atoms with Crippen molar-refractivity contribution in [1.29, 1.82) is 0 Å². The molecule has 0 saturated carbocycles. The summed E-state index contributed by atoms with van der Waals surface area (Å²) in [7, 11) is 0. The van der Waals surface area contributed by atoms with Crippen molar-refractivity contribution < 1.29 is 9.59 Å². The molecule has 0 bridgehead atoms. The normalized spacial score (nSPS) is 8.67. The van der Waals surface area contributed by atoms with Crippen LogP contribution in [0.15, 0.2) is 70.1 Å². The molecule has 0 aliphatic carbocycles. The van der Waals surface area contributed by atoms with Gasteiger partial charge in [0.15, 0.2) is 0 Å². The van der Waals surface area contributed by atoms with E-state index < -0.39 is 0 Å². The van der Waals surface area contributed by atoms with E-state index in [4.69, 9.17) is 5.73 Å². The maximum atomic E-state index is 9.34. The first-order valence-electron chi connectivity index (χ1n) is 7.29. The van der Waals surface area contributed by atoms with Gasteiger partial charge in [-0.1, -0.05) is 39.3 Å². The molecule has 3 N–H and O–H groups in total. The van der Waals surface area contributed by atoms with E-state index in [0.29, 0.717) is 12.7 Å². The zero-order valence-electron chi connectivity index (χ0n) is 13.6. The lowest BCUT2D eigenvalue weighted by Crippen LogP contribution is -2.12. The van der Waals surface area contributed by atoms with E-state index >= 15 is 0 Å². The number of anilines is 1. The number of benzene rings is 2. The van der Waals surface area contributed by atoms with E-state index in [1.54, 1.807) is 12.7 Å². The number of aromatic nitrogens is 3. The van der Waals surface area contributed by atoms with Crippen LogP contribution >= 0.6 is 31.9 Å². The van der Waals surface area contributed by atoms with Crippen molar-refractivity contribution in [2.75, 3.05) is 12.3 Å². The van der Waals surface area contributed by atoms with Crippen molar-refractivity contribution in [3.05, 3.63) is 70.1 Å². The Kier molecular flexibility index (Phi) is 13.3. The number of nitrogens with zero attached hydrogens (tertiary/aromatic N) is 3. The average Bonchev–Trinajstić information content (AvgIpc) is 3.19. The van der Waals surface area contributed by atoms with Crippen LogP contribution in [0.5, 0.6) is 0 Å². The van der Waals surface area contributed by atoms with Gasteiger partial charge in [0.25, 0.3) is 0 Å². The zero-order chi connectivity index (χ0) is 19.2. The fourth-order valence-corrected chi connectivity index (χ4v) is 2.03.